The minimum absolute atomic E-state index is 0.334. The minimum Gasteiger partial charge on any atom is -0.265 e. The SMILES string of the molecule is CCC(C(C)C[N+](=O)[O-])[N+](=O)[O-]. The molecule has 2 unspecified atom stereocenters. The lowest BCUT2D eigenvalue weighted by molar-refractivity contribution is -0.554. The van der Waals surface area contributed by atoms with Gasteiger partial charge in [-0.25, -0.2) is 0 Å². The highest BCUT2D eigenvalue weighted by molar-refractivity contribution is 4.62. The Kier molecular flexibility index (Phi) is 4.17. The van der Waals surface area contributed by atoms with Gasteiger partial charge in [0.25, 0.3) is 0 Å². The Morgan fingerprint density at radius 2 is 1.83 bits per heavy atom. The van der Waals surface area contributed by atoms with Crippen molar-refractivity contribution in [2.75, 3.05) is 6.54 Å². The second kappa shape index (κ2) is 4.63. The van der Waals surface area contributed by atoms with Gasteiger partial charge in [-0.2, -0.15) is 0 Å². The van der Waals surface area contributed by atoms with Crippen LogP contribution in [0.5, 0.6) is 0 Å². The van der Waals surface area contributed by atoms with Gasteiger partial charge in [-0.1, -0.05) is 6.92 Å². The summed E-state index contributed by atoms with van der Waals surface area (Å²) in [6, 6.07) is -0.796. The average molecular weight is 176 g/mol. The van der Waals surface area contributed by atoms with Crippen LogP contribution >= 0.6 is 0 Å². The van der Waals surface area contributed by atoms with Crippen molar-refractivity contribution < 1.29 is 9.85 Å². The molecule has 0 N–H and O–H groups in total. The molecule has 0 aliphatic carbocycles. The van der Waals surface area contributed by atoms with E-state index in [0.717, 1.165) is 0 Å². The van der Waals surface area contributed by atoms with Crippen LogP contribution in [-0.2, 0) is 0 Å². The summed E-state index contributed by atoms with van der Waals surface area (Å²) in [4.78, 5) is 19.4. The molecule has 12 heavy (non-hydrogen) atoms. The fraction of sp³-hybridized carbons (Fsp3) is 1.00. The third kappa shape index (κ3) is 3.27. The fourth-order valence-corrected chi connectivity index (χ4v) is 1.12. The number of hydrogen-bond acceptors (Lipinski definition) is 4. The first kappa shape index (κ1) is 10.8. The van der Waals surface area contributed by atoms with Gasteiger partial charge >= 0.3 is 0 Å². The Morgan fingerprint density at radius 3 is 2.08 bits per heavy atom. The van der Waals surface area contributed by atoms with Crippen LogP contribution in [0.3, 0.4) is 0 Å². The predicted molar refractivity (Wildman–Crippen MR) is 42.1 cm³/mol. The van der Waals surface area contributed by atoms with E-state index in [1.807, 2.05) is 0 Å². The molecular formula is C6H12N2O4. The van der Waals surface area contributed by atoms with Crippen LogP contribution in [0.1, 0.15) is 20.3 Å². The largest absolute Gasteiger partial charge is 0.265 e. The summed E-state index contributed by atoms with van der Waals surface area (Å²) in [5, 5.41) is 20.4. The summed E-state index contributed by atoms with van der Waals surface area (Å²) >= 11 is 0. The van der Waals surface area contributed by atoms with Crippen LogP contribution in [0.15, 0.2) is 0 Å². The monoisotopic (exact) mass is 176 g/mol. The second-order valence-electron chi connectivity index (χ2n) is 2.75. The summed E-state index contributed by atoms with van der Waals surface area (Å²) in [6.07, 6.45) is 0.335. The first-order valence-electron chi connectivity index (χ1n) is 3.74. The molecule has 0 aromatic carbocycles. The molecule has 0 bridgehead atoms. The zero-order valence-corrected chi connectivity index (χ0v) is 7.10. The van der Waals surface area contributed by atoms with E-state index < -0.39 is 21.8 Å². The first-order chi connectivity index (χ1) is 5.49. The van der Waals surface area contributed by atoms with Crippen molar-refractivity contribution in [3.05, 3.63) is 20.2 Å². The van der Waals surface area contributed by atoms with Gasteiger partial charge < -0.3 is 0 Å². The van der Waals surface area contributed by atoms with Gasteiger partial charge in [0.15, 0.2) is 0 Å². The number of nitrogens with zero attached hydrogens (tertiary/aromatic N) is 2. The Morgan fingerprint density at radius 1 is 1.33 bits per heavy atom. The molecular weight excluding hydrogens is 164 g/mol. The van der Waals surface area contributed by atoms with Crippen molar-refractivity contribution in [1.29, 1.82) is 0 Å². The molecule has 0 saturated heterocycles. The summed E-state index contributed by atoms with van der Waals surface area (Å²) in [6.45, 7) is 2.85. The number of rotatable bonds is 5. The molecule has 0 saturated carbocycles. The zero-order valence-electron chi connectivity index (χ0n) is 7.10. The van der Waals surface area contributed by atoms with Gasteiger partial charge in [0.1, 0.15) is 0 Å². The summed E-state index contributed by atoms with van der Waals surface area (Å²) in [5.41, 5.74) is 0. The van der Waals surface area contributed by atoms with E-state index in [4.69, 9.17) is 0 Å². The molecule has 0 aliphatic heterocycles. The topological polar surface area (TPSA) is 86.3 Å². The van der Waals surface area contributed by atoms with E-state index in [1.54, 1.807) is 6.92 Å². The highest BCUT2D eigenvalue weighted by atomic mass is 16.6. The van der Waals surface area contributed by atoms with Crippen molar-refractivity contribution >= 4 is 0 Å². The van der Waals surface area contributed by atoms with Crippen LogP contribution in [0.4, 0.5) is 0 Å². The maximum Gasteiger partial charge on any atom is 0.221 e. The fourth-order valence-electron chi connectivity index (χ4n) is 1.12. The van der Waals surface area contributed by atoms with Crippen molar-refractivity contribution in [3.8, 4) is 0 Å². The zero-order chi connectivity index (χ0) is 9.72. The maximum atomic E-state index is 10.3. The molecule has 2 atom stereocenters. The van der Waals surface area contributed by atoms with Gasteiger partial charge in [-0.05, 0) is 6.92 Å². The quantitative estimate of drug-likeness (QED) is 0.461. The molecule has 0 fully saturated rings. The van der Waals surface area contributed by atoms with Crippen LogP contribution in [0.25, 0.3) is 0 Å². The van der Waals surface area contributed by atoms with Gasteiger partial charge in [0, 0.05) is 16.3 Å². The molecule has 6 heteroatoms. The molecule has 0 aromatic rings. The average Bonchev–Trinajstić information content (AvgIpc) is 1.85. The standard InChI is InChI=1S/C6H12N2O4/c1-3-6(8(11)12)5(2)4-7(9)10/h5-6H,3-4H2,1-2H3. The summed E-state index contributed by atoms with van der Waals surface area (Å²) in [7, 11) is 0. The van der Waals surface area contributed by atoms with Crippen molar-refractivity contribution in [1.82, 2.24) is 0 Å². The van der Waals surface area contributed by atoms with E-state index in [1.165, 1.54) is 6.92 Å². The van der Waals surface area contributed by atoms with E-state index in [0.29, 0.717) is 6.42 Å². The van der Waals surface area contributed by atoms with Crippen molar-refractivity contribution in [2.24, 2.45) is 5.92 Å². The molecule has 0 aliphatic rings. The second-order valence-corrected chi connectivity index (χ2v) is 2.75. The summed E-state index contributed by atoms with van der Waals surface area (Å²) in [5.74, 6) is -0.500. The Balaban J connectivity index is 4.11. The van der Waals surface area contributed by atoms with E-state index in [2.05, 4.69) is 0 Å². The number of nitro groups is 2. The Bertz CT molecular complexity index is 182. The summed E-state index contributed by atoms with van der Waals surface area (Å²) < 4.78 is 0. The lowest BCUT2D eigenvalue weighted by Gasteiger charge is -2.10. The van der Waals surface area contributed by atoms with Crippen molar-refractivity contribution in [3.63, 3.8) is 0 Å². The highest BCUT2D eigenvalue weighted by Gasteiger charge is 2.29. The van der Waals surface area contributed by atoms with Crippen LogP contribution < -0.4 is 0 Å². The molecule has 0 heterocycles. The molecule has 6 nitrogen and oxygen atoms in total. The normalized spacial score (nSPS) is 15.2. The van der Waals surface area contributed by atoms with Crippen LogP contribution in [0.2, 0.25) is 0 Å². The van der Waals surface area contributed by atoms with Gasteiger partial charge in [-0.3, -0.25) is 20.2 Å². The highest BCUT2D eigenvalue weighted by Crippen LogP contribution is 2.10. The Hall–Kier alpha value is -1.20. The van der Waals surface area contributed by atoms with Crippen molar-refractivity contribution in [2.45, 2.75) is 26.3 Å². The van der Waals surface area contributed by atoms with E-state index in [9.17, 15) is 20.2 Å². The van der Waals surface area contributed by atoms with Gasteiger partial charge in [0.2, 0.25) is 12.6 Å². The smallest absolute Gasteiger partial charge is 0.221 e. The molecule has 0 rings (SSSR count). The number of hydrogen-bond donors (Lipinski definition) is 0. The molecule has 70 valence electrons. The lowest BCUT2D eigenvalue weighted by Crippen LogP contribution is -2.31. The van der Waals surface area contributed by atoms with Gasteiger partial charge in [-0.15, -0.1) is 0 Å². The predicted octanol–water partition coefficient (Wildman–Crippen LogP) is 0.954. The molecule has 0 radical (unpaired) electrons. The van der Waals surface area contributed by atoms with E-state index >= 15 is 0 Å². The van der Waals surface area contributed by atoms with E-state index in [-0.39, 0.29) is 6.54 Å². The molecule has 0 amide bonds. The van der Waals surface area contributed by atoms with Crippen LogP contribution in [0, 0.1) is 26.1 Å². The molecule has 0 spiro atoms. The first-order valence-corrected chi connectivity index (χ1v) is 3.74. The van der Waals surface area contributed by atoms with Crippen LogP contribution in [-0.4, -0.2) is 22.4 Å². The van der Waals surface area contributed by atoms with Gasteiger partial charge in [0.05, 0.1) is 5.92 Å². The minimum atomic E-state index is -0.796. The maximum absolute atomic E-state index is 10.3. The third-order valence-corrected chi connectivity index (χ3v) is 1.78. The lowest BCUT2D eigenvalue weighted by atomic mass is 10.0. The molecule has 0 aromatic heterocycles. The Labute approximate surface area is 69.9 Å². The third-order valence-electron chi connectivity index (χ3n) is 1.78.